The van der Waals surface area contributed by atoms with E-state index >= 15 is 0 Å². The zero-order valence-electron chi connectivity index (χ0n) is 51.5. The number of carboxylic acid groups (broad SMARTS) is 1. The number of aliphatic hydroxyl groups is 15. The first kappa shape index (κ1) is 69.5. The van der Waals surface area contributed by atoms with E-state index < -0.39 is 225 Å². The van der Waals surface area contributed by atoms with Gasteiger partial charge in [-0.2, -0.15) is 0 Å². The fourth-order valence-electron chi connectivity index (χ4n) is 17.9. The maximum Gasteiger partial charge on any atom is 0.335 e. The molecule has 9 fully saturated rings. The van der Waals surface area contributed by atoms with E-state index in [-0.39, 0.29) is 36.2 Å². The van der Waals surface area contributed by atoms with Crippen molar-refractivity contribution in [2.45, 2.75) is 266 Å². The van der Waals surface area contributed by atoms with E-state index in [4.69, 9.17) is 52.1 Å². The molecule has 0 aromatic carbocycles. The second-order valence-electron chi connectivity index (χ2n) is 28.9. The number of carbonyl (C=O) groups is 2. The van der Waals surface area contributed by atoms with Crippen LogP contribution < -0.4 is 0 Å². The highest BCUT2D eigenvalue weighted by Crippen LogP contribution is 2.76. The molecule has 29 nitrogen and oxygen atoms in total. The Kier molecular flexibility index (Phi) is 20.1. The van der Waals surface area contributed by atoms with Gasteiger partial charge >= 0.3 is 11.9 Å². The molecule has 510 valence electrons. The van der Waals surface area contributed by atoms with Crippen LogP contribution in [-0.4, -0.2) is 286 Å². The molecule has 89 heavy (non-hydrogen) atoms. The van der Waals surface area contributed by atoms with E-state index in [1.54, 1.807) is 0 Å². The first-order valence-electron chi connectivity index (χ1n) is 31.2. The molecule has 10 rings (SSSR count). The van der Waals surface area contributed by atoms with Gasteiger partial charge in [0, 0.05) is 17.8 Å². The number of hydrogen-bond acceptors (Lipinski definition) is 28. The van der Waals surface area contributed by atoms with Crippen LogP contribution >= 0.6 is 0 Å². The molecule has 0 amide bonds. The van der Waals surface area contributed by atoms with Crippen LogP contribution in [0.5, 0.6) is 0 Å². The molecule has 0 spiro atoms. The predicted octanol–water partition coefficient (Wildman–Crippen LogP) is -3.85. The number of allylic oxidation sites excluding steroid dienone is 2. The number of fused-ring (bicyclic) bond motifs is 7. The molecule has 16 N–H and O–H groups in total. The van der Waals surface area contributed by atoms with Gasteiger partial charge in [0.15, 0.2) is 43.7 Å². The zero-order valence-corrected chi connectivity index (χ0v) is 51.5. The number of carboxylic acids is 1. The Bertz CT molecular complexity index is 2530. The maximum absolute atomic E-state index is 12.7. The average Bonchev–Trinajstić information content (AvgIpc) is 0.713. The average molecular weight is 1280 g/mol. The van der Waals surface area contributed by atoms with E-state index in [1.165, 1.54) is 5.57 Å². The fourth-order valence-corrected chi connectivity index (χ4v) is 17.9. The summed E-state index contributed by atoms with van der Waals surface area (Å²) in [6.07, 6.45) is -36.7. The van der Waals surface area contributed by atoms with Crippen LogP contribution in [-0.2, 0) is 61.7 Å². The highest BCUT2D eigenvalue weighted by Gasteiger charge is 2.71. The van der Waals surface area contributed by atoms with Gasteiger partial charge in [-0.05, 0) is 90.8 Å². The van der Waals surface area contributed by atoms with Crippen LogP contribution in [0.25, 0.3) is 0 Å². The van der Waals surface area contributed by atoms with Crippen LogP contribution in [0.15, 0.2) is 11.6 Å². The van der Waals surface area contributed by atoms with Crippen LogP contribution in [0.3, 0.4) is 0 Å². The lowest BCUT2D eigenvalue weighted by atomic mass is 9.33. The van der Waals surface area contributed by atoms with Crippen LogP contribution in [0.2, 0.25) is 0 Å². The molecule has 0 bridgehead atoms. The largest absolute Gasteiger partial charge is 0.479 e. The molecule has 4 saturated carbocycles. The molecule has 5 heterocycles. The SMILES string of the molecule is CC(=O)O[C@H]1[C@H](O[C@H]2[C@@H](O)[C@@H](O[C@@H]3[C@H](O)C(C)(C)C[C@H]4C5=CC[C@@H]6[C@@]7(C)CC[C@H](O[C@@H]8O[C@H](C(=O)O)[C@@H](O)[C@H](O)[C@H]8O[C@@H]8O[C@H](CO)[C@H](O)[C@H](O)[C@H]8O[C@@H]8O[C@H](CO)[C@@H](O)[C@H](O)[C@H]8O)[C@@](C)(CO)[C@@H]7CC[C@@]6(C)[C@]5(C)CC[C@@]34C)OC[C@@H]2O)OC[C@@H](O)[C@@H]1O. The van der Waals surface area contributed by atoms with Crippen molar-refractivity contribution < 1.29 is 143 Å². The Hall–Kier alpha value is -2.32. The van der Waals surface area contributed by atoms with E-state index in [1.807, 2.05) is 20.8 Å². The normalized spacial score (nSPS) is 54.1. The predicted molar refractivity (Wildman–Crippen MR) is 296 cm³/mol. The van der Waals surface area contributed by atoms with Gasteiger partial charge in [-0.25, -0.2) is 4.79 Å². The summed E-state index contributed by atoms with van der Waals surface area (Å²) < 4.78 is 65.8. The van der Waals surface area contributed by atoms with Gasteiger partial charge in [-0.15, -0.1) is 0 Å². The Labute approximate surface area is 515 Å². The lowest BCUT2D eigenvalue weighted by Crippen LogP contribution is -2.69. The summed E-state index contributed by atoms with van der Waals surface area (Å²) >= 11 is 0. The quantitative estimate of drug-likeness (QED) is 0.0424. The summed E-state index contributed by atoms with van der Waals surface area (Å²) in [4.78, 5) is 24.7. The third kappa shape index (κ3) is 11.7. The molecule has 5 aliphatic carbocycles. The first-order valence-corrected chi connectivity index (χ1v) is 31.2. The minimum absolute atomic E-state index is 0.0285. The second kappa shape index (κ2) is 25.7. The summed E-state index contributed by atoms with van der Waals surface area (Å²) in [5.74, 6) is -2.83. The lowest BCUT2D eigenvalue weighted by molar-refractivity contribution is -0.397. The highest BCUT2D eigenvalue weighted by atomic mass is 16.8. The summed E-state index contributed by atoms with van der Waals surface area (Å²) in [6.45, 7) is 13.0. The molecule has 0 radical (unpaired) electrons. The van der Waals surface area contributed by atoms with E-state index in [9.17, 15) is 91.3 Å². The molecule has 10 aliphatic rings. The first-order chi connectivity index (χ1) is 41.7. The highest BCUT2D eigenvalue weighted by molar-refractivity contribution is 5.73. The van der Waals surface area contributed by atoms with Crippen molar-refractivity contribution in [3.8, 4) is 0 Å². The van der Waals surface area contributed by atoms with Gasteiger partial charge in [0.05, 0.1) is 51.3 Å². The number of ether oxygens (including phenoxy) is 11. The molecule has 0 aromatic heterocycles. The fraction of sp³-hybridized carbons (Fsp3) is 0.933. The minimum Gasteiger partial charge on any atom is -0.479 e. The molecule has 0 aromatic rings. The van der Waals surface area contributed by atoms with Crippen molar-refractivity contribution in [3.05, 3.63) is 11.6 Å². The van der Waals surface area contributed by atoms with Crippen molar-refractivity contribution in [1.82, 2.24) is 0 Å². The van der Waals surface area contributed by atoms with Gasteiger partial charge < -0.3 is 134 Å². The van der Waals surface area contributed by atoms with Crippen molar-refractivity contribution in [2.75, 3.05) is 33.0 Å². The molecule has 0 unspecified atom stereocenters. The number of aliphatic carboxylic acids is 1. The van der Waals surface area contributed by atoms with Crippen LogP contribution in [0, 0.1) is 50.2 Å². The Morgan fingerprint density at radius 2 is 1.13 bits per heavy atom. The maximum atomic E-state index is 12.7. The summed E-state index contributed by atoms with van der Waals surface area (Å²) in [5, 5.41) is 176. The third-order valence-corrected chi connectivity index (χ3v) is 23.5. The summed E-state index contributed by atoms with van der Waals surface area (Å²) in [6, 6.07) is 0. The molecule has 29 heteroatoms. The minimum atomic E-state index is -2.17. The standard InChI is InChI=1S/C60H96O29/c1-23(64)81-44-33(67)26(65)20-80-52(44)85-42-27(66)21-79-50(41(42)75)89-48-47(76)55(2,3)17-25-24-9-10-31-57(5)13-12-32(58(6,22-63)30(57)11-14-60(31,8)59(24,7)16-15-56(25,48)4)84-54-46(39(73)38(72)43(86-54)49(77)78)88-53-45(37(71)35(69)29(19-62)83-53)87-51-40(74)36(70)34(68)28(18-61)82-51/h9,25-48,50-54,61-63,65-76H,10-22H2,1-8H3,(H,77,78)/t25-,26+,27-,28+,29+,30+,31+,32-,33-,34+,35-,36-,37-,38-,39-,40+,41+,42+,43-,44+,45+,46+,47-,48+,50+,51-,52-,53-,54+,56+,57-,58-,59+,60+/m0/s1. The van der Waals surface area contributed by atoms with Gasteiger partial charge in [0.25, 0.3) is 0 Å². The molecule has 5 saturated heterocycles. The third-order valence-electron chi connectivity index (χ3n) is 23.5. The summed E-state index contributed by atoms with van der Waals surface area (Å²) in [7, 11) is 0. The van der Waals surface area contributed by atoms with Gasteiger partial charge in [-0.1, -0.05) is 60.1 Å². The van der Waals surface area contributed by atoms with E-state index in [0.29, 0.717) is 44.9 Å². The number of aliphatic hydroxyl groups excluding tert-OH is 15. The number of esters is 1. The Morgan fingerprint density at radius 3 is 1.76 bits per heavy atom. The van der Waals surface area contributed by atoms with Gasteiger partial charge in [0.1, 0.15) is 97.7 Å². The van der Waals surface area contributed by atoms with Gasteiger partial charge in [0.2, 0.25) is 0 Å². The molecular weight excluding hydrogens is 1180 g/mol. The van der Waals surface area contributed by atoms with Crippen LogP contribution in [0.1, 0.15) is 107 Å². The summed E-state index contributed by atoms with van der Waals surface area (Å²) in [5.41, 5.74) is -2.54. The smallest absolute Gasteiger partial charge is 0.335 e. The van der Waals surface area contributed by atoms with Crippen LogP contribution in [0.4, 0.5) is 0 Å². The number of hydrogen-bond donors (Lipinski definition) is 16. The van der Waals surface area contributed by atoms with Crippen molar-refractivity contribution in [1.29, 1.82) is 0 Å². The van der Waals surface area contributed by atoms with Gasteiger partial charge in [-0.3, -0.25) is 4.79 Å². The van der Waals surface area contributed by atoms with Crippen molar-refractivity contribution >= 4 is 11.9 Å². The lowest BCUT2D eigenvalue weighted by Gasteiger charge is -2.72. The molecule has 34 atom stereocenters. The number of carbonyl (C=O) groups excluding carboxylic acids is 1. The Morgan fingerprint density at radius 1 is 0.551 bits per heavy atom. The molecular formula is C60H96O29. The van der Waals surface area contributed by atoms with Crippen molar-refractivity contribution in [3.63, 3.8) is 0 Å². The number of rotatable bonds is 15. The Balaban J connectivity index is 0.892. The monoisotopic (exact) mass is 1280 g/mol. The van der Waals surface area contributed by atoms with E-state index in [2.05, 4.69) is 33.8 Å². The zero-order chi connectivity index (χ0) is 65.2. The molecule has 5 aliphatic heterocycles. The topological polar surface area (TPSA) is 459 Å². The van der Waals surface area contributed by atoms with E-state index in [0.717, 1.165) is 6.92 Å². The second-order valence-corrected chi connectivity index (χ2v) is 28.9. The van der Waals surface area contributed by atoms with Crippen molar-refractivity contribution in [2.24, 2.45) is 50.2 Å².